The zero-order chi connectivity index (χ0) is 22.6. The average molecular weight is 431 g/mol. The lowest BCUT2D eigenvalue weighted by Gasteiger charge is -2.40. The first kappa shape index (κ1) is 22.6. The fourth-order valence-corrected chi connectivity index (χ4v) is 4.11. The van der Waals surface area contributed by atoms with Gasteiger partial charge in [-0.05, 0) is 43.7 Å². The van der Waals surface area contributed by atoms with Crippen LogP contribution in [0.4, 0.5) is 4.79 Å². The molecule has 2 aliphatic heterocycles. The zero-order valence-corrected chi connectivity index (χ0v) is 18.1. The van der Waals surface area contributed by atoms with Gasteiger partial charge in [-0.15, -0.1) is 0 Å². The number of amides is 5. The Labute approximate surface area is 181 Å². The predicted molar refractivity (Wildman–Crippen MR) is 113 cm³/mol. The molecule has 1 unspecified atom stereocenters. The van der Waals surface area contributed by atoms with Crippen molar-refractivity contribution >= 4 is 23.8 Å². The molecule has 2 saturated heterocycles. The maximum absolute atomic E-state index is 13.1. The molecule has 0 aliphatic carbocycles. The van der Waals surface area contributed by atoms with Crippen LogP contribution in [0.3, 0.4) is 0 Å². The minimum Gasteiger partial charge on any atom is -0.484 e. The van der Waals surface area contributed by atoms with E-state index in [2.05, 4.69) is 16.0 Å². The smallest absolute Gasteiger partial charge is 0.322 e. The number of piperidine rings is 1. The second-order valence-corrected chi connectivity index (χ2v) is 8.60. The first-order chi connectivity index (χ1) is 14.7. The van der Waals surface area contributed by atoms with Crippen molar-refractivity contribution in [2.45, 2.75) is 45.2 Å². The molecule has 3 N–H and O–H groups in total. The van der Waals surface area contributed by atoms with Gasteiger partial charge in [-0.2, -0.15) is 0 Å². The quantitative estimate of drug-likeness (QED) is 0.559. The fraction of sp³-hybridized carbons (Fsp3) is 0.545. The summed E-state index contributed by atoms with van der Waals surface area (Å²) in [6, 6.07) is 7.87. The first-order valence-corrected chi connectivity index (χ1v) is 10.6. The molecule has 168 valence electrons. The highest BCUT2D eigenvalue weighted by Crippen LogP contribution is 2.31. The Morgan fingerprint density at radius 2 is 1.84 bits per heavy atom. The number of nitrogens with zero attached hydrogens (tertiary/aromatic N) is 1. The van der Waals surface area contributed by atoms with Crippen molar-refractivity contribution in [3.05, 3.63) is 30.3 Å². The number of nitrogens with one attached hydrogen (secondary N) is 3. The number of carbonyl (C=O) groups excluding carboxylic acids is 4. The summed E-state index contributed by atoms with van der Waals surface area (Å²) >= 11 is 0. The Bertz CT molecular complexity index is 836. The van der Waals surface area contributed by atoms with Crippen LogP contribution in [0.2, 0.25) is 0 Å². The third-order valence-electron chi connectivity index (χ3n) is 6.06. The number of hydrogen-bond donors (Lipinski definition) is 3. The van der Waals surface area contributed by atoms with Gasteiger partial charge in [-0.3, -0.25) is 19.7 Å². The van der Waals surface area contributed by atoms with Crippen molar-refractivity contribution < 1.29 is 23.9 Å². The SMILES string of the molecule is CC(C)[C@H](NC(=O)COc1ccccc1)C(=O)N1CCC(C2(C)NC(=O)NC2=O)CC1. The van der Waals surface area contributed by atoms with Crippen LogP contribution in [-0.2, 0) is 14.4 Å². The second-order valence-electron chi connectivity index (χ2n) is 8.60. The Balaban J connectivity index is 1.54. The van der Waals surface area contributed by atoms with Crippen LogP contribution in [0, 0.1) is 11.8 Å². The van der Waals surface area contributed by atoms with E-state index < -0.39 is 17.6 Å². The van der Waals surface area contributed by atoms with E-state index in [1.165, 1.54) is 0 Å². The Hall–Kier alpha value is -3.10. The monoisotopic (exact) mass is 430 g/mol. The molecule has 3 rings (SSSR count). The van der Waals surface area contributed by atoms with Crippen molar-refractivity contribution in [1.29, 1.82) is 0 Å². The lowest BCUT2D eigenvalue weighted by atomic mass is 9.79. The Kier molecular flexibility index (Phi) is 6.82. The van der Waals surface area contributed by atoms with Crippen LogP contribution < -0.4 is 20.7 Å². The Morgan fingerprint density at radius 1 is 1.19 bits per heavy atom. The number of ether oxygens (including phenoxy) is 1. The van der Waals surface area contributed by atoms with Gasteiger partial charge in [-0.25, -0.2) is 4.79 Å². The summed E-state index contributed by atoms with van der Waals surface area (Å²) in [5.74, 6) is -0.399. The molecule has 0 radical (unpaired) electrons. The van der Waals surface area contributed by atoms with Crippen LogP contribution in [0.15, 0.2) is 30.3 Å². The molecule has 0 aromatic heterocycles. The summed E-state index contributed by atoms with van der Waals surface area (Å²) in [4.78, 5) is 50.9. The molecule has 9 nitrogen and oxygen atoms in total. The molecule has 0 spiro atoms. The maximum atomic E-state index is 13.1. The van der Waals surface area contributed by atoms with Crippen molar-refractivity contribution in [1.82, 2.24) is 20.9 Å². The van der Waals surface area contributed by atoms with Crippen LogP contribution in [-0.4, -0.2) is 59.9 Å². The first-order valence-electron chi connectivity index (χ1n) is 10.6. The van der Waals surface area contributed by atoms with Crippen LogP contribution in [0.5, 0.6) is 5.75 Å². The van der Waals surface area contributed by atoms with E-state index in [1.54, 1.807) is 24.0 Å². The van der Waals surface area contributed by atoms with E-state index in [9.17, 15) is 19.2 Å². The minimum absolute atomic E-state index is 0.0608. The molecule has 31 heavy (non-hydrogen) atoms. The number of urea groups is 1. The highest BCUT2D eigenvalue weighted by Gasteiger charge is 2.49. The molecule has 2 atom stereocenters. The van der Waals surface area contributed by atoms with E-state index in [-0.39, 0.29) is 36.2 Å². The lowest BCUT2D eigenvalue weighted by Crippen LogP contribution is -2.57. The summed E-state index contributed by atoms with van der Waals surface area (Å²) in [6.45, 7) is 6.23. The average Bonchev–Trinajstić information content (AvgIpc) is 3.03. The number of imide groups is 1. The van der Waals surface area contributed by atoms with Gasteiger partial charge >= 0.3 is 6.03 Å². The minimum atomic E-state index is -0.952. The number of carbonyl (C=O) groups is 4. The Morgan fingerprint density at radius 3 is 2.39 bits per heavy atom. The van der Waals surface area contributed by atoms with Gasteiger partial charge in [0.1, 0.15) is 17.3 Å². The third-order valence-corrected chi connectivity index (χ3v) is 6.06. The van der Waals surface area contributed by atoms with Crippen molar-refractivity contribution in [2.24, 2.45) is 11.8 Å². The van der Waals surface area contributed by atoms with Crippen molar-refractivity contribution in [3.63, 3.8) is 0 Å². The molecular weight excluding hydrogens is 400 g/mol. The lowest BCUT2D eigenvalue weighted by molar-refractivity contribution is -0.140. The van der Waals surface area contributed by atoms with Gasteiger partial charge in [0.25, 0.3) is 11.8 Å². The highest BCUT2D eigenvalue weighted by molar-refractivity contribution is 6.07. The fourth-order valence-electron chi connectivity index (χ4n) is 4.11. The highest BCUT2D eigenvalue weighted by atomic mass is 16.5. The van der Waals surface area contributed by atoms with E-state index in [0.29, 0.717) is 31.7 Å². The largest absolute Gasteiger partial charge is 0.484 e. The summed E-state index contributed by atoms with van der Waals surface area (Å²) in [5, 5.41) is 7.80. The second kappa shape index (κ2) is 9.36. The third kappa shape index (κ3) is 5.15. The summed E-state index contributed by atoms with van der Waals surface area (Å²) < 4.78 is 5.47. The maximum Gasteiger partial charge on any atom is 0.322 e. The number of likely N-dealkylation sites (tertiary alicyclic amines) is 1. The normalized spacial score (nSPS) is 22.6. The van der Waals surface area contributed by atoms with Gasteiger partial charge in [0.15, 0.2) is 6.61 Å². The topological polar surface area (TPSA) is 117 Å². The van der Waals surface area contributed by atoms with Gasteiger partial charge in [-0.1, -0.05) is 32.0 Å². The molecule has 2 heterocycles. The van der Waals surface area contributed by atoms with Crippen LogP contribution in [0.25, 0.3) is 0 Å². The van der Waals surface area contributed by atoms with E-state index in [4.69, 9.17) is 4.74 Å². The van der Waals surface area contributed by atoms with Gasteiger partial charge in [0, 0.05) is 13.1 Å². The van der Waals surface area contributed by atoms with Crippen molar-refractivity contribution in [2.75, 3.05) is 19.7 Å². The van der Waals surface area contributed by atoms with E-state index in [1.807, 2.05) is 32.0 Å². The van der Waals surface area contributed by atoms with E-state index in [0.717, 1.165) is 0 Å². The molecule has 9 heteroatoms. The number of benzene rings is 1. The molecule has 1 aromatic carbocycles. The van der Waals surface area contributed by atoms with Crippen LogP contribution >= 0.6 is 0 Å². The number of para-hydroxylation sites is 1. The van der Waals surface area contributed by atoms with Crippen molar-refractivity contribution in [3.8, 4) is 5.75 Å². The number of hydrogen-bond acceptors (Lipinski definition) is 5. The van der Waals surface area contributed by atoms with Gasteiger partial charge in [0.05, 0.1) is 0 Å². The molecule has 5 amide bonds. The van der Waals surface area contributed by atoms with Crippen LogP contribution in [0.1, 0.15) is 33.6 Å². The summed E-state index contributed by atoms with van der Waals surface area (Å²) in [7, 11) is 0. The zero-order valence-electron chi connectivity index (χ0n) is 18.1. The molecular formula is C22H30N4O5. The molecule has 0 bridgehead atoms. The van der Waals surface area contributed by atoms with Gasteiger partial charge in [0.2, 0.25) is 5.91 Å². The predicted octanol–water partition coefficient (Wildman–Crippen LogP) is 1.04. The molecule has 2 fully saturated rings. The summed E-state index contributed by atoms with van der Waals surface area (Å²) in [5.41, 5.74) is -0.952. The molecule has 2 aliphatic rings. The molecule has 0 saturated carbocycles. The standard InChI is InChI=1S/C22H30N4O5/c1-14(2)18(23-17(27)13-31-16-7-5-4-6-8-16)19(28)26-11-9-15(10-12-26)22(3)20(29)24-21(30)25-22/h4-8,14-15,18H,9-13H2,1-3H3,(H,23,27)(H2,24,25,29,30)/t18-,22?/m0/s1. The number of rotatable bonds is 7. The molecule has 1 aromatic rings. The van der Waals surface area contributed by atoms with E-state index >= 15 is 0 Å². The summed E-state index contributed by atoms with van der Waals surface area (Å²) in [6.07, 6.45) is 1.18. The van der Waals surface area contributed by atoms with Gasteiger partial charge < -0.3 is 20.3 Å².